The van der Waals surface area contributed by atoms with Crippen molar-refractivity contribution in [3.8, 4) is 0 Å². The van der Waals surface area contributed by atoms with Crippen molar-refractivity contribution >= 4 is 17.7 Å². The van der Waals surface area contributed by atoms with Gasteiger partial charge in [-0.3, -0.25) is 4.79 Å². The van der Waals surface area contributed by atoms with Gasteiger partial charge in [0.05, 0.1) is 6.10 Å². The summed E-state index contributed by atoms with van der Waals surface area (Å²) in [5.41, 5.74) is 5.22. The van der Waals surface area contributed by atoms with Crippen LogP contribution >= 0.6 is 11.8 Å². The summed E-state index contributed by atoms with van der Waals surface area (Å²) in [5.74, 6) is 0.891. The van der Waals surface area contributed by atoms with Crippen LogP contribution in [0.15, 0.2) is 0 Å². The number of rotatable bonds is 7. The fourth-order valence-corrected chi connectivity index (χ4v) is 3.32. The lowest BCUT2D eigenvalue weighted by atomic mass is 9.54. The molecule has 1 aliphatic carbocycles. The average Bonchev–Trinajstić information content (AvgIpc) is 2.37. The van der Waals surface area contributed by atoms with Crippen molar-refractivity contribution in [2.75, 3.05) is 18.6 Å². The first kappa shape index (κ1) is 16.8. The third-order valence-corrected chi connectivity index (χ3v) is 5.17. The molecule has 3 unspecified atom stereocenters. The van der Waals surface area contributed by atoms with Crippen molar-refractivity contribution in [2.45, 2.75) is 58.2 Å². The molecule has 0 aromatic carbocycles. The molecule has 112 valence electrons. The molecule has 0 bridgehead atoms. The minimum Gasteiger partial charge on any atom is -0.378 e. The molecule has 0 aromatic heterocycles. The molecule has 0 radical (unpaired) electrons. The summed E-state index contributed by atoms with van der Waals surface area (Å²) in [6.45, 7) is 8.76. The van der Waals surface area contributed by atoms with Gasteiger partial charge < -0.3 is 15.8 Å². The predicted octanol–water partition coefficient (Wildman–Crippen LogP) is 1.78. The molecular formula is C14H28N2O2S. The zero-order valence-electron chi connectivity index (χ0n) is 12.8. The van der Waals surface area contributed by atoms with Crippen LogP contribution in [0.25, 0.3) is 0 Å². The summed E-state index contributed by atoms with van der Waals surface area (Å²) in [6.07, 6.45) is 3.66. The molecule has 5 heteroatoms. The maximum Gasteiger partial charge on any atom is 0.241 e. The Bertz CT molecular complexity index is 323. The van der Waals surface area contributed by atoms with E-state index in [0.717, 1.165) is 12.2 Å². The summed E-state index contributed by atoms with van der Waals surface area (Å²) < 4.78 is 5.65. The van der Waals surface area contributed by atoms with Crippen LogP contribution in [0, 0.1) is 5.41 Å². The highest BCUT2D eigenvalue weighted by Gasteiger charge is 2.62. The van der Waals surface area contributed by atoms with Crippen LogP contribution in [0.4, 0.5) is 0 Å². The van der Waals surface area contributed by atoms with E-state index in [0.29, 0.717) is 13.0 Å². The van der Waals surface area contributed by atoms with Crippen molar-refractivity contribution in [3.05, 3.63) is 0 Å². The molecule has 0 aromatic rings. The Morgan fingerprint density at radius 2 is 2.16 bits per heavy atom. The maximum absolute atomic E-state index is 12.5. The topological polar surface area (TPSA) is 64.3 Å². The molecular weight excluding hydrogens is 260 g/mol. The number of carbonyl (C=O) groups excluding carboxylic acids is 1. The number of nitrogens with two attached hydrogens (primary N) is 1. The zero-order chi connectivity index (χ0) is 14.7. The molecule has 1 rings (SSSR count). The van der Waals surface area contributed by atoms with Crippen molar-refractivity contribution in [3.63, 3.8) is 0 Å². The van der Waals surface area contributed by atoms with Gasteiger partial charge in [-0.1, -0.05) is 20.8 Å². The number of hydrogen-bond donors (Lipinski definition) is 2. The van der Waals surface area contributed by atoms with Gasteiger partial charge >= 0.3 is 0 Å². The summed E-state index contributed by atoms with van der Waals surface area (Å²) >= 11 is 1.74. The zero-order valence-corrected chi connectivity index (χ0v) is 13.6. The quantitative estimate of drug-likeness (QED) is 0.749. The molecule has 1 amide bonds. The van der Waals surface area contributed by atoms with E-state index >= 15 is 0 Å². The predicted molar refractivity (Wildman–Crippen MR) is 81.3 cm³/mol. The fourth-order valence-electron chi connectivity index (χ4n) is 2.60. The molecule has 0 heterocycles. The summed E-state index contributed by atoms with van der Waals surface area (Å²) in [7, 11) is 0. The number of ether oxygens (including phenoxy) is 1. The van der Waals surface area contributed by atoms with Crippen molar-refractivity contribution in [1.29, 1.82) is 0 Å². The van der Waals surface area contributed by atoms with E-state index in [1.807, 2.05) is 27.0 Å². The molecule has 4 nitrogen and oxygen atoms in total. The fraction of sp³-hybridized carbons (Fsp3) is 0.929. The van der Waals surface area contributed by atoms with Crippen LogP contribution in [-0.2, 0) is 9.53 Å². The van der Waals surface area contributed by atoms with E-state index in [4.69, 9.17) is 10.5 Å². The molecule has 1 saturated carbocycles. The largest absolute Gasteiger partial charge is 0.378 e. The van der Waals surface area contributed by atoms with Crippen molar-refractivity contribution < 1.29 is 9.53 Å². The van der Waals surface area contributed by atoms with Crippen LogP contribution in [0.5, 0.6) is 0 Å². The second-order valence-corrected chi connectivity index (χ2v) is 6.79. The highest BCUT2D eigenvalue weighted by atomic mass is 32.2. The van der Waals surface area contributed by atoms with Gasteiger partial charge in [0.15, 0.2) is 0 Å². The third kappa shape index (κ3) is 3.09. The van der Waals surface area contributed by atoms with Crippen molar-refractivity contribution in [1.82, 2.24) is 5.32 Å². The molecule has 3 N–H and O–H groups in total. The lowest BCUT2D eigenvalue weighted by Crippen LogP contribution is -2.76. The van der Waals surface area contributed by atoms with E-state index in [1.165, 1.54) is 0 Å². The molecule has 19 heavy (non-hydrogen) atoms. The van der Waals surface area contributed by atoms with Gasteiger partial charge in [0.2, 0.25) is 5.91 Å². The molecule has 3 atom stereocenters. The monoisotopic (exact) mass is 288 g/mol. The van der Waals surface area contributed by atoms with Gasteiger partial charge in [0.25, 0.3) is 0 Å². The van der Waals surface area contributed by atoms with Gasteiger partial charge in [-0.2, -0.15) is 11.8 Å². The normalized spacial score (nSPS) is 30.5. The van der Waals surface area contributed by atoms with Crippen LogP contribution in [0.1, 0.15) is 40.5 Å². The lowest BCUT2D eigenvalue weighted by molar-refractivity contribution is -0.171. The Balaban J connectivity index is 2.67. The number of thioether (sulfide) groups is 1. The molecule has 0 aliphatic heterocycles. The van der Waals surface area contributed by atoms with Crippen LogP contribution in [0.3, 0.4) is 0 Å². The Hall–Kier alpha value is -0.260. The highest BCUT2D eigenvalue weighted by molar-refractivity contribution is 7.98. The third-order valence-electron chi connectivity index (χ3n) is 4.43. The van der Waals surface area contributed by atoms with Gasteiger partial charge in [0, 0.05) is 30.2 Å². The van der Waals surface area contributed by atoms with E-state index < -0.39 is 5.54 Å². The number of hydrogen-bond acceptors (Lipinski definition) is 4. The second-order valence-electron chi connectivity index (χ2n) is 5.88. The van der Waals surface area contributed by atoms with Crippen molar-refractivity contribution in [2.24, 2.45) is 11.1 Å². The number of nitrogens with one attached hydrogen (secondary N) is 1. The first-order valence-corrected chi connectivity index (χ1v) is 8.43. The molecule has 1 fully saturated rings. The Kier molecular flexibility index (Phi) is 5.71. The van der Waals surface area contributed by atoms with Crippen LogP contribution in [0.2, 0.25) is 0 Å². The Morgan fingerprint density at radius 1 is 1.53 bits per heavy atom. The van der Waals surface area contributed by atoms with E-state index in [2.05, 4.69) is 12.2 Å². The Morgan fingerprint density at radius 3 is 2.58 bits per heavy atom. The van der Waals surface area contributed by atoms with Gasteiger partial charge in [0.1, 0.15) is 5.54 Å². The summed E-state index contributed by atoms with van der Waals surface area (Å²) in [6, 6.07) is 0.199. The van der Waals surface area contributed by atoms with Crippen LogP contribution < -0.4 is 11.1 Å². The first-order valence-electron chi connectivity index (χ1n) is 7.03. The van der Waals surface area contributed by atoms with E-state index in [1.54, 1.807) is 11.8 Å². The molecule has 0 spiro atoms. The second kappa shape index (κ2) is 6.46. The van der Waals surface area contributed by atoms with E-state index in [9.17, 15) is 4.79 Å². The summed E-state index contributed by atoms with van der Waals surface area (Å²) in [5, 5.41) is 3.09. The SMILES string of the molecule is CCOC1CC(N)(C(=O)NC(CC)CSC)C1(C)C. The number of amides is 1. The first-order chi connectivity index (χ1) is 8.83. The minimum absolute atomic E-state index is 0.0330. The molecule has 0 saturated heterocycles. The highest BCUT2D eigenvalue weighted by Crippen LogP contribution is 2.49. The van der Waals surface area contributed by atoms with Gasteiger partial charge in [-0.15, -0.1) is 0 Å². The maximum atomic E-state index is 12.5. The lowest BCUT2D eigenvalue weighted by Gasteiger charge is -2.57. The number of carbonyl (C=O) groups is 1. The minimum atomic E-state index is -0.807. The smallest absolute Gasteiger partial charge is 0.241 e. The average molecular weight is 288 g/mol. The van der Waals surface area contributed by atoms with Gasteiger partial charge in [-0.25, -0.2) is 0 Å². The van der Waals surface area contributed by atoms with Crippen LogP contribution in [-0.4, -0.2) is 42.2 Å². The Labute approximate surface area is 121 Å². The standard InChI is InChI=1S/C14H28N2O2S/c1-6-10(9-19-5)16-12(17)14(15)8-11(18-7-2)13(14,3)4/h10-11H,6-9,15H2,1-5H3,(H,16,17). The summed E-state index contributed by atoms with van der Waals surface area (Å²) in [4.78, 5) is 12.5. The van der Waals surface area contributed by atoms with E-state index in [-0.39, 0.29) is 23.5 Å². The molecule has 1 aliphatic rings. The van der Waals surface area contributed by atoms with Gasteiger partial charge in [-0.05, 0) is 19.6 Å².